The number of likely N-dealkylation sites (tertiary alicyclic amines) is 1. The van der Waals surface area contributed by atoms with E-state index in [1.54, 1.807) is 29.2 Å². The highest BCUT2D eigenvalue weighted by molar-refractivity contribution is 5.98. The second-order valence-corrected chi connectivity index (χ2v) is 6.04. The van der Waals surface area contributed by atoms with Crippen molar-refractivity contribution in [1.29, 1.82) is 5.26 Å². The van der Waals surface area contributed by atoms with Gasteiger partial charge in [0.1, 0.15) is 6.04 Å². The highest BCUT2D eigenvalue weighted by Gasteiger charge is 2.32. The van der Waals surface area contributed by atoms with Crippen molar-refractivity contribution in [3.8, 4) is 6.07 Å². The Hall–Kier alpha value is -3.13. The number of rotatable bonds is 4. The lowest BCUT2D eigenvalue weighted by Gasteiger charge is -2.34. The number of benzene rings is 2. The number of piperidine rings is 1. The van der Waals surface area contributed by atoms with Crippen molar-refractivity contribution < 1.29 is 9.59 Å². The van der Waals surface area contributed by atoms with Crippen molar-refractivity contribution in [2.24, 2.45) is 0 Å². The van der Waals surface area contributed by atoms with Crippen LogP contribution in [0.4, 0.5) is 5.69 Å². The molecule has 0 aromatic heterocycles. The minimum atomic E-state index is -0.667. The van der Waals surface area contributed by atoms with Gasteiger partial charge in [-0.1, -0.05) is 36.4 Å². The average Bonchev–Trinajstić information content (AvgIpc) is 2.64. The van der Waals surface area contributed by atoms with Crippen LogP contribution in [0.2, 0.25) is 0 Å². The summed E-state index contributed by atoms with van der Waals surface area (Å²) in [5, 5.41) is 11.9. The van der Waals surface area contributed by atoms with Gasteiger partial charge in [-0.25, -0.2) is 0 Å². The van der Waals surface area contributed by atoms with E-state index in [2.05, 4.69) is 11.4 Å². The molecule has 2 aromatic carbocycles. The molecular formula is C20H19N3O2. The van der Waals surface area contributed by atoms with Gasteiger partial charge in [-0.15, -0.1) is 0 Å². The number of nitrogens with one attached hydrogen (secondary N) is 1. The molecule has 1 N–H and O–H groups in total. The lowest BCUT2D eigenvalue weighted by molar-refractivity contribution is -0.141. The molecule has 0 radical (unpaired) electrons. The molecule has 2 aromatic rings. The van der Waals surface area contributed by atoms with Gasteiger partial charge < -0.3 is 10.2 Å². The Morgan fingerprint density at radius 3 is 2.64 bits per heavy atom. The maximum Gasteiger partial charge on any atom is 0.251 e. The fraction of sp³-hybridized carbons (Fsp3) is 0.250. The fourth-order valence-electron chi connectivity index (χ4n) is 3.09. The molecule has 0 spiro atoms. The van der Waals surface area contributed by atoms with Crippen LogP contribution in [0.3, 0.4) is 0 Å². The molecule has 5 nitrogen and oxygen atoms in total. The fourth-order valence-corrected chi connectivity index (χ4v) is 3.09. The lowest BCUT2D eigenvalue weighted by atomic mass is 10.0. The van der Waals surface area contributed by atoms with Gasteiger partial charge in [-0.2, -0.15) is 5.26 Å². The molecule has 1 aliphatic rings. The SMILES string of the molecule is N#Cc1cccc(NC(=O)[C@H](c2ccccc2)N2CCCCC2=O)c1. The smallest absolute Gasteiger partial charge is 0.251 e. The van der Waals surface area contributed by atoms with E-state index in [1.807, 2.05) is 30.3 Å². The van der Waals surface area contributed by atoms with E-state index in [0.717, 1.165) is 18.4 Å². The van der Waals surface area contributed by atoms with E-state index >= 15 is 0 Å². The predicted molar refractivity (Wildman–Crippen MR) is 94.5 cm³/mol. The van der Waals surface area contributed by atoms with Crippen LogP contribution in [0.15, 0.2) is 54.6 Å². The number of carbonyl (C=O) groups is 2. The number of nitrogens with zero attached hydrogens (tertiary/aromatic N) is 2. The third kappa shape index (κ3) is 3.86. The number of nitriles is 1. The Labute approximate surface area is 146 Å². The van der Waals surface area contributed by atoms with Crippen molar-refractivity contribution in [1.82, 2.24) is 4.90 Å². The number of anilines is 1. The molecule has 25 heavy (non-hydrogen) atoms. The molecule has 0 bridgehead atoms. The first kappa shape index (κ1) is 16.7. The van der Waals surface area contributed by atoms with Gasteiger partial charge in [0.05, 0.1) is 11.6 Å². The molecule has 1 aliphatic heterocycles. The average molecular weight is 333 g/mol. The number of hydrogen-bond donors (Lipinski definition) is 1. The molecule has 0 aliphatic carbocycles. The van der Waals surface area contributed by atoms with Crippen LogP contribution in [-0.2, 0) is 9.59 Å². The summed E-state index contributed by atoms with van der Waals surface area (Å²) in [6.45, 7) is 0.573. The van der Waals surface area contributed by atoms with E-state index in [9.17, 15) is 9.59 Å². The minimum Gasteiger partial charge on any atom is -0.327 e. The van der Waals surface area contributed by atoms with E-state index in [-0.39, 0.29) is 11.8 Å². The Morgan fingerprint density at radius 2 is 1.92 bits per heavy atom. The second-order valence-electron chi connectivity index (χ2n) is 6.04. The third-order valence-corrected chi connectivity index (χ3v) is 4.29. The molecule has 5 heteroatoms. The highest BCUT2D eigenvalue weighted by atomic mass is 16.2. The van der Waals surface area contributed by atoms with Gasteiger partial charge in [0.15, 0.2) is 0 Å². The van der Waals surface area contributed by atoms with E-state index < -0.39 is 6.04 Å². The zero-order chi connectivity index (χ0) is 17.6. The summed E-state index contributed by atoms with van der Waals surface area (Å²) in [5.74, 6) is -0.266. The van der Waals surface area contributed by atoms with Crippen molar-refractivity contribution in [2.45, 2.75) is 25.3 Å². The van der Waals surface area contributed by atoms with Gasteiger partial charge in [-0.3, -0.25) is 9.59 Å². The third-order valence-electron chi connectivity index (χ3n) is 4.29. The molecule has 126 valence electrons. The second kappa shape index (κ2) is 7.63. The van der Waals surface area contributed by atoms with Crippen LogP contribution in [0.1, 0.15) is 36.4 Å². The summed E-state index contributed by atoms with van der Waals surface area (Å²) in [7, 11) is 0. The zero-order valence-electron chi connectivity index (χ0n) is 13.8. The van der Waals surface area contributed by atoms with Gasteiger partial charge in [-0.05, 0) is 36.6 Å². The molecule has 0 saturated carbocycles. The van der Waals surface area contributed by atoms with Gasteiger partial charge in [0, 0.05) is 18.7 Å². The monoisotopic (exact) mass is 333 g/mol. The predicted octanol–water partition coefficient (Wildman–Crippen LogP) is 3.25. The molecule has 1 fully saturated rings. The molecule has 3 rings (SSSR count). The standard InChI is InChI=1S/C20H19N3O2/c21-14-15-7-6-10-17(13-15)22-20(25)19(16-8-2-1-3-9-16)23-12-5-4-11-18(23)24/h1-3,6-10,13,19H,4-5,11-12H2,(H,22,25)/t19-/m0/s1. The Kier molecular flexibility index (Phi) is 5.10. The zero-order valence-corrected chi connectivity index (χ0v) is 13.8. The van der Waals surface area contributed by atoms with Crippen LogP contribution in [0.25, 0.3) is 0 Å². The Bertz CT molecular complexity index is 811. The molecule has 1 atom stereocenters. The largest absolute Gasteiger partial charge is 0.327 e. The topological polar surface area (TPSA) is 73.2 Å². The molecule has 1 heterocycles. The normalized spacial score (nSPS) is 15.3. The number of hydrogen-bond acceptors (Lipinski definition) is 3. The lowest BCUT2D eigenvalue weighted by Crippen LogP contribution is -2.43. The number of amides is 2. The van der Waals surface area contributed by atoms with Crippen molar-refractivity contribution in [3.63, 3.8) is 0 Å². The Balaban J connectivity index is 1.89. The maximum atomic E-state index is 13.0. The van der Waals surface area contributed by atoms with Crippen molar-refractivity contribution >= 4 is 17.5 Å². The quantitative estimate of drug-likeness (QED) is 0.933. The summed E-state index contributed by atoms with van der Waals surface area (Å²) in [4.78, 5) is 27.0. The van der Waals surface area contributed by atoms with Crippen LogP contribution in [0.5, 0.6) is 0 Å². The first-order valence-corrected chi connectivity index (χ1v) is 8.34. The van der Waals surface area contributed by atoms with E-state index in [0.29, 0.717) is 24.2 Å². The first-order chi connectivity index (χ1) is 12.2. The van der Waals surface area contributed by atoms with Crippen LogP contribution < -0.4 is 5.32 Å². The first-order valence-electron chi connectivity index (χ1n) is 8.34. The summed E-state index contributed by atoms with van der Waals surface area (Å²) < 4.78 is 0. The summed E-state index contributed by atoms with van der Waals surface area (Å²) in [6.07, 6.45) is 2.23. The Morgan fingerprint density at radius 1 is 1.12 bits per heavy atom. The van der Waals surface area contributed by atoms with E-state index in [1.165, 1.54) is 0 Å². The van der Waals surface area contributed by atoms with Crippen LogP contribution in [-0.4, -0.2) is 23.3 Å². The van der Waals surface area contributed by atoms with Gasteiger partial charge >= 0.3 is 0 Å². The number of carbonyl (C=O) groups excluding carboxylic acids is 2. The van der Waals surface area contributed by atoms with Gasteiger partial charge in [0.2, 0.25) is 5.91 Å². The summed E-state index contributed by atoms with van der Waals surface area (Å²) >= 11 is 0. The maximum absolute atomic E-state index is 13.0. The molecule has 0 unspecified atom stereocenters. The minimum absolute atomic E-state index is 0.000952. The van der Waals surface area contributed by atoms with Crippen LogP contribution >= 0.6 is 0 Å². The van der Waals surface area contributed by atoms with E-state index in [4.69, 9.17) is 5.26 Å². The molecular weight excluding hydrogens is 314 g/mol. The molecule has 1 saturated heterocycles. The van der Waals surface area contributed by atoms with Crippen molar-refractivity contribution in [2.75, 3.05) is 11.9 Å². The molecule has 2 amide bonds. The summed E-state index contributed by atoms with van der Waals surface area (Å²) in [6, 6.07) is 17.5. The van der Waals surface area contributed by atoms with Crippen LogP contribution in [0, 0.1) is 11.3 Å². The van der Waals surface area contributed by atoms with Gasteiger partial charge in [0.25, 0.3) is 5.91 Å². The highest BCUT2D eigenvalue weighted by Crippen LogP contribution is 2.27. The van der Waals surface area contributed by atoms with Crippen molar-refractivity contribution in [3.05, 3.63) is 65.7 Å². The summed E-state index contributed by atoms with van der Waals surface area (Å²) in [5.41, 5.74) is 1.81.